The van der Waals surface area contributed by atoms with E-state index in [1.54, 1.807) is 20.3 Å². The number of rotatable bonds is 5. The summed E-state index contributed by atoms with van der Waals surface area (Å²) in [7, 11) is 3.22. The number of halogens is 1. The molecule has 0 bridgehead atoms. The van der Waals surface area contributed by atoms with Crippen molar-refractivity contribution in [2.24, 2.45) is 0 Å². The molecule has 1 aromatic heterocycles. The summed E-state index contributed by atoms with van der Waals surface area (Å²) in [6.45, 7) is 4.59. The predicted octanol–water partition coefficient (Wildman–Crippen LogP) is 4.18. The normalized spacial score (nSPS) is 17.8. The number of methoxy groups -OCH3 is 2. The van der Waals surface area contributed by atoms with Crippen LogP contribution in [0.4, 0.5) is 16.0 Å². The first-order valence-corrected chi connectivity index (χ1v) is 11.9. The average molecular weight is 477 g/mol. The van der Waals surface area contributed by atoms with Crippen LogP contribution in [0.15, 0.2) is 42.5 Å². The third-order valence-electron chi connectivity index (χ3n) is 6.94. The first-order chi connectivity index (χ1) is 17.0. The molecule has 1 aliphatic heterocycles. The molecule has 7 nitrogen and oxygen atoms in total. The Bertz CT molecular complexity index is 1260. The maximum Gasteiger partial charge on any atom is 0.225 e. The zero-order chi connectivity index (χ0) is 24.5. The number of piperazine rings is 1. The molecule has 0 unspecified atom stereocenters. The summed E-state index contributed by atoms with van der Waals surface area (Å²) < 4.78 is 25.0. The van der Waals surface area contributed by atoms with Crippen molar-refractivity contribution in [1.82, 2.24) is 9.97 Å². The van der Waals surface area contributed by atoms with Gasteiger partial charge >= 0.3 is 0 Å². The van der Waals surface area contributed by atoms with Gasteiger partial charge in [-0.1, -0.05) is 18.2 Å². The molecule has 8 heteroatoms. The number of ketones is 1. The van der Waals surface area contributed by atoms with Crippen molar-refractivity contribution in [2.45, 2.75) is 25.7 Å². The molecule has 182 valence electrons. The second-order valence-electron chi connectivity index (χ2n) is 9.00. The minimum absolute atomic E-state index is 0.00913. The van der Waals surface area contributed by atoms with Gasteiger partial charge in [-0.25, -0.2) is 14.4 Å². The minimum Gasteiger partial charge on any atom is -0.493 e. The van der Waals surface area contributed by atoms with Crippen LogP contribution in [-0.2, 0) is 6.42 Å². The Kier molecular flexibility index (Phi) is 6.28. The van der Waals surface area contributed by atoms with E-state index < -0.39 is 0 Å². The lowest BCUT2D eigenvalue weighted by atomic mass is 9.81. The number of benzene rings is 2. The Morgan fingerprint density at radius 2 is 1.63 bits per heavy atom. The second kappa shape index (κ2) is 9.52. The number of ether oxygens (including phenoxy) is 2. The van der Waals surface area contributed by atoms with Gasteiger partial charge in [0.1, 0.15) is 5.82 Å². The zero-order valence-corrected chi connectivity index (χ0v) is 20.3. The number of carbonyl (C=O) groups is 1. The van der Waals surface area contributed by atoms with Crippen LogP contribution in [-0.4, -0.2) is 56.1 Å². The topological polar surface area (TPSA) is 67.8 Å². The van der Waals surface area contributed by atoms with Crippen LogP contribution in [0.1, 0.15) is 39.6 Å². The highest BCUT2D eigenvalue weighted by molar-refractivity contribution is 5.99. The Hall–Kier alpha value is -3.68. The molecule has 3 aromatic rings. The number of carbonyl (C=O) groups excluding carboxylic acids is 1. The SMILES string of the molecule is COc1ccc([C@@H]2CC(=O)c3c(C)nc(N4CCN(c5ccccc5F)CC4)nc3C2)cc1OC. The smallest absolute Gasteiger partial charge is 0.225 e. The number of anilines is 2. The Labute approximate surface area is 204 Å². The van der Waals surface area contributed by atoms with Crippen molar-refractivity contribution in [3.63, 3.8) is 0 Å². The highest BCUT2D eigenvalue weighted by Crippen LogP contribution is 2.37. The molecule has 1 saturated heterocycles. The van der Waals surface area contributed by atoms with E-state index in [0.717, 1.165) is 17.0 Å². The summed E-state index contributed by atoms with van der Waals surface area (Å²) in [5.74, 6) is 1.82. The monoisotopic (exact) mass is 476 g/mol. The van der Waals surface area contributed by atoms with Crippen molar-refractivity contribution < 1.29 is 18.7 Å². The molecule has 0 amide bonds. The number of para-hydroxylation sites is 1. The number of hydrogen-bond donors (Lipinski definition) is 0. The first-order valence-electron chi connectivity index (χ1n) is 11.9. The number of fused-ring (bicyclic) bond motifs is 1. The van der Waals surface area contributed by atoms with Crippen LogP contribution >= 0.6 is 0 Å². The fourth-order valence-corrected chi connectivity index (χ4v) is 5.10. The molecule has 5 rings (SSSR count). The van der Waals surface area contributed by atoms with Gasteiger partial charge in [-0.2, -0.15) is 0 Å². The van der Waals surface area contributed by atoms with Gasteiger partial charge in [-0.15, -0.1) is 0 Å². The summed E-state index contributed by atoms with van der Waals surface area (Å²) in [4.78, 5) is 26.8. The molecule has 0 N–H and O–H groups in total. The maximum atomic E-state index is 14.2. The summed E-state index contributed by atoms with van der Waals surface area (Å²) in [6, 6.07) is 12.7. The lowest BCUT2D eigenvalue weighted by Gasteiger charge is -2.36. The molecule has 1 atom stereocenters. The highest BCUT2D eigenvalue weighted by atomic mass is 19.1. The van der Waals surface area contributed by atoms with E-state index in [9.17, 15) is 9.18 Å². The lowest BCUT2D eigenvalue weighted by molar-refractivity contribution is 0.0962. The number of aromatic nitrogens is 2. The van der Waals surface area contributed by atoms with Crippen molar-refractivity contribution in [2.75, 3.05) is 50.2 Å². The van der Waals surface area contributed by atoms with Crippen LogP contribution in [0, 0.1) is 12.7 Å². The molecular weight excluding hydrogens is 447 g/mol. The molecule has 1 fully saturated rings. The largest absolute Gasteiger partial charge is 0.493 e. The van der Waals surface area contributed by atoms with Gasteiger partial charge in [0.15, 0.2) is 17.3 Å². The Balaban J connectivity index is 1.37. The van der Waals surface area contributed by atoms with Crippen molar-refractivity contribution in [1.29, 1.82) is 0 Å². The van der Waals surface area contributed by atoms with Gasteiger partial charge in [0, 0.05) is 32.6 Å². The van der Waals surface area contributed by atoms with Gasteiger partial charge < -0.3 is 19.3 Å². The van der Waals surface area contributed by atoms with Crippen LogP contribution in [0.2, 0.25) is 0 Å². The van der Waals surface area contributed by atoms with Gasteiger partial charge in [-0.3, -0.25) is 4.79 Å². The highest BCUT2D eigenvalue weighted by Gasteiger charge is 2.31. The number of aryl methyl sites for hydroxylation is 1. The molecule has 2 aliphatic rings. The fourth-order valence-electron chi connectivity index (χ4n) is 5.10. The van der Waals surface area contributed by atoms with Crippen LogP contribution in [0.5, 0.6) is 11.5 Å². The van der Waals surface area contributed by atoms with E-state index >= 15 is 0 Å². The second-order valence-corrected chi connectivity index (χ2v) is 9.00. The summed E-state index contributed by atoms with van der Waals surface area (Å²) >= 11 is 0. The average Bonchev–Trinajstić information content (AvgIpc) is 2.88. The van der Waals surface area contributed by atoms with E-state index in [-0.39, 0.29) is 17.5 Å². The first kappa shape index (κ1) is 23.1. The van der Waals surface area contributed by atoms with Crippen molar-refractivity contribution in [3.8, 4) is 11.5 Å². The van der Waals surface area contributed by atoms with Crippen molar-refractivity contribution >= 4 is 17.4 Å². The van der Waals surface area contributed by atoms with Crippen LogP contribution < -0.4 is 19.3 Å². The lowest BCUT2D eigenvalue weighted by Crippen LogP contribution is -2.47. The summed E-state index contributed by atoms with van der Waals surface area (Å²) in [5, 5.41) is 0. The van der Waals surface area contributed by atoms with E-state index in [1.165, 1.54) is 6.07 Å². The van der Waals surface area contributed by atoms with Gasteiger partial charge in [0.25, 0.3) is 0 Å². The standard InChI is InChI=1S/C27H29FN4O3/c1-17-26-21(14-19(15-23(26)33)18-8-9-24(34-2)25(16-18)35-3)30-27(29-17)32-12-10-31(11-13-32)22-7-5-4-6-20(22)28/h4-9,16,19H,10-15H2,1-3H3/t19-/m0/s1. The van der Waals surface area contributed by atoms with Crippen LogP contribution in [0.25, 0.3) is 0 Å². The van der Waals surface area contributed by atoms with Crippen LogP contribution in [0.3, 0.4) is 0 Å². The van der Waals surface area contributed by atoms with E-state index in [0.29, 0.717) is 67.7 Å². The van der Waals surface area contributed by atoms with E-state index in [2.05, 4.69) is 9.88 Å². The number of hydrogen-bond acceptors (Lipinski definition) is 7. The predicted molar refractivity (Wildman–Crippen MR) is 133 cm³/mol. The number of nitrogens with zero attached hydrogens (tertiary/aromatic N) is 4. The van der Waals surface area contributed by atoms with E-state index in [1.807, 2.05) is 42.2 Å². The molecule has 0 saturated carbocycles. The van der Waals surface area contributed by atoms with Gasteiger partial charge in [-0.05, 0) is 49.1 Å². The van der Waals surface area contributed by atoms with Gasteiger partial charge in [0.05, 0.1) is 36.9 Å². The minimum atomic E-state index is -0.207. The van der Waals surface area contributed by atoms with E-state index in [4.69, 9.17) is 14.5 Å². The fraction of sp³-hybridized carbons (Fsp3) is 0.370. The number of Topliss-reactive ketones (excluding diaryl/α,β-unsaturated/α-hetero) is 1. The molecule has 2 aromatic carbocycles. The summed E-state index contributed by atoms with van der Waals surface area (Å²) in [6.07, 6.45) is 1.06. The zero-order valence-electron chi connectivity index (χ0n) is 20.3. The quantitative estimate of drug-likeness (QED) is 0.547. The molecule has 2 heterocycles. The third kappa shape index (κ3) is 4.40. The molecule has 1 aliphatic carbocycles. The summed E-state index contributed by atoms with van der Waals surface area (Å²) in [5.41, 5.74) is 3.81. The molecule has 0 radical (unpaired) electrons. The Morgan fingerprint density at radius 1 is 0.914 bits per heavy atom. The molecule has 0 spiro atoms. The molecular formula is C27H29FN4O3. The Morgan fingerprint density at radius 3 is 2.34 bits per heavy atom. The van der Waals surface area contributed by atoms with Gasteiger partial charge in [0.2, 0.25) is 5.95 Å². The maximum absolute atomic E-state index is 14.2. The van der Waals surface area contributed by atoms with Crippen molar-refractivity contribution in [3.05, 3.63) is 70.8 Å². The molecule has 35 heavy (non-hydrogen) atoms. The third-order valence-corrected chi connectivity index (χ3v) is 6.94.